The van der Waals surface area contributed by atoms with E-state index in [-0.39, 0.29) is 11.9 Å². The van der Waals surface area contributed by atoms with Crippen molar-refractivity contribution < 1.29 is 14.6 Å². The van der Waals surface area contributed by atoms with Gasteiger partial charge >= 0.3 is 5.97 Å². The van der Waals surface area contributed by atoms with E-state index in [1.165, 1.54) is 0 Å². The van der Waals surface area contributed by atoms with Crippen LogP contribution in [-0.2, 0) is 9.53 Å². The van der Waals surface area contributed by atoms with Gasteiger partial charge in [0.2, 0.25) is 6.29 Å². The highest BCUT2D eigenvalue weighted by Gasteiger charge is 2.31. The summed E-state index contributed by atoms with van der Waals surface area (Å²) in [5, 5.41) is 9.12. The van der Waals surface area contributed by atoms with Gasteiger partial charge in [-0.3, -0.25) is 4.79 Å². The Morgan fingerprint density at radius 2 is 2.36 bits per heavy atom. The molecule has 62 valence electrons. The monoisotopic (exact) mass is 156 g/mol. The molecule has 0 spiro atoms. The molecule has 3 nitrogen and oxygen atoms in total. The molecule has 1 aliphatic rings. The average Bonchev–Trinajstić information content (AvgIpc) is 2.09. The van der Waals surface area contributed by atoms with Crippen LogP contribution in [0.2, 0.25) is 0 Å². The van der Waals surface area contributed by atoms with Crippen LogP contribution in [0.4, 0.5) is 0 Å². The molecule has 0 bridgehead atoms. The molecule has 0 aromatic rings. The Morgan fingerprint density at radius 1 is 1.73 bits per heavy atom. The summed E-state index contributed by atoms with van der Waals surface area (Å²) in [6, 6.07) is 0. The van der Waals surface area contributed by atoms with Crippen molar-refractivity contribution in [2.24, 2.45) is 5.92 Å². The zero-order valence-electron chi connectivity index (χ0n) is 6.70. The minimum Gasteiger partial charge on any atom is -0.435 e. The lowest BCUT2D eigenvalue weighted by Crippen LogP contribution is -2.12. The molecule has 1 fully saturated rings. The second kappa shape index (κ2) is 3.05. The van der Waals surface area contributed by atoms with Crippen molar-refractivity contribution in [3.8, 4) is 0 Å². The first-order valence-corrected chi connectivity index (χ1v) is 3.62. The van der Waals surface area contributed by atoms with E-state index < -0.39 is 6.29 Å². The number of allylic oxidation sites excluding steroid dienone is 1. The fourth-order valence-electron chi connectivity index (χ4n) is 1.13. The lowest BCUT2D eigenvalue weighted by molar-refractivity contribution is -0.155. The van der Waals surface area contributed by atoms with Crippen molar-refractivity contribution in [1.29, 1.82) is 0 Å². The number of cyclic esters (lactones) is 1. The van der Waals surface area contributed by atoms with Gasteiger partial charge in [0.25, 0.3) is 0 Å². The number of aliphatic hydroxyl groups excluding tert-OH is 1. The maximum atomic E-state index is 10.6. The van der Waals surface area contributed by atoms with E-state index in [1.807, 2.05) is 19.9 Å². The maximum absolute atomic E-state index is 10.6. The van der Waals surface area contributed by atoms with Crippen molar-refractivity contribution >= 4 is 5.97 Å². The minimum absolute atomic E-state index is 0.146. The topological polar surface area (TPSA) is 46.5 Å². The molecule has 0 aromatic carbocycles. The summed E-state index contributed by atoms with van der Waals surface area (Å²) >= 11 is 0. The number of aliphatic hydroxyl groups is 1. The summed E-state index contributed by atoms with van der Waals surface area (Å²) in [5.74, 6) is -0.465. The third kappa shape index (κ3) is 2.05. The molecule has 3 heteroatoms. The average molecular weight is 156 g/mol. The number of rotatable bonds is 1. The van der Waals surface area contributed by atoms with Gasteiger partial charge < -0.3 is 9.84 Å². The zero-order chi connectivity index (χ0) is 8.43. The van der Waals surface area contributed by atoms with Crippen molar-refractivity contribution in [3.05, 3.63) is 11.6 Å². The van der Waals surface area contributed by atoms with E-state index in [1.54, 1.807) is 0 Å². The summed E-state index contributed by atoms with van der Waals surface area (Å²) in [4.78, 5) is 10.6. The SMILES string of the molecule is CC(C)=CC1CC(=O)OC1O. The fourth-order valence-corrected chi connectivity index (χ4v) is 1.13. The highest BCUT2D eigenvalue weighted by Crippen LogP contribution is 2.22. The van der Waals surface area contributed by atoms with Crippen molar-refractivity contribution in [1.82, 2.24) is 0 Å². The fraction of sp³-hybridized carbons (Fsp3) is 0.625. The van der Waals surface area contributed by atoms with Gasteiger partial charge in [-0.1, -0.05) is 11.6 Å². The Bertz CT molecular complexity index is 192. The highest BCUT2D eigenvalue weighted by molar-refractivity contribution is 5.72. The van der Waals surface area contributed by atoms with Crippen LogP contribution in [0.3, 0.4) is 0 Å². The Hall–Kier alpha value is -0.830. The van der Waals surface area contributed by atoms with E-state index in [0.717, 1.165) is 5.57 Å². The molecule has 11 heavy (non-hydrogen) atoms. The number of carbonyl (C=O) groups excluding carboxylic acids is 1. The Labute approximate surface area is 65.7 Å². The van der Waals surface area contributed by atoms with Crippen LogP contribution in [-0.4, -0.2) is 17.4 Å². The molecular weight excluding hydrogens is 144 g/mol. The molecule has 0 radical (unpaired) electrons. The van der Waals surface area contributed by atoms with Crippen LogP contribution >= 0.6 is 0 Å². The lowest BCUT2D eigenvalue weighted by atomic mass is 10.0. The second-order valence-corrected chi connectivity index (χ2v) is 2.99. The zero-order valence-corrected chi connectivity index (χ0v) is 6.70. The van der Waals surface area contributed by atoms with Crippen molar-refractivity contribution in [2.75, 3.05) is 0 Å². The normalized spacial score (nSPS) is 29.9. The highest BCUT2D eigenvalue weighted by atomic mass is 16.6. The van der Waals surface area contributed by atoms with Gasteiger partial charge in [-0.15, -0.1) is 0 Å². The molecule has 1 N–H and O–H groups in total. The van der Waals surface area contributed by atoms with Gasteiger partial charge in [0.05, 0.1) is 12.3 Å². The molecule has 0 saturated carbocycles. The van der Waals surface area contributed by atoms with E-state index in [0.29, 0.717) is 6.42 Å². The number of ether oxygens (including phenoxy) is 1. The summed E-state index contributed by atoms with van der Waals surface area (Å²) in [5.41, 5.74) is 1.09. The van der Waals surface area contributed by atoms with Gasteiger partial charge in [0.1, 0.15) is 0 Å². The van der Waals surface area contributed by atoms with Crippen molar-refractivity contribution in [2.45, 2.75) is 26.6 Å². The van der Waals surface area contributed by atoms with Gasteiger partial charge in [0.15, 0.2) is 0 Å². The lowest BCUT2D eigenvalue weighted by Gasteiger charge is -2.06. The first-order chi connectivity index (χ1) is 5.09. The van der Waals surface area contributed by atoms with Gasteiger partial charge in [-0.25, -0.2) is 0 Å². The van der Waals surface area contributed by atoms with E-state index >= 15 is 0 Å². The number of carbonyl (C=O) groups is 1. The molecule has 0 aliphatic carbocycles. The molecule has 0 amide bonds. The predicted molar refractivity (Wildman–Crippen MR) is 39.6 cm³/mol. The summed E-state index contributed by atoms with van der Waals surface area (Å²) in [6.45, 7) is 3.85. The van der Waals surface area contributed by atoms with Gasteiger partial charge in [-0.05, 0) is 13.8 Å². The van der Waals surface area contributed by atoms with Gasteiger partial charge in [0, 0.05) is 0 Å². The Kier molecular flexibility index (Phi) is 2.29. The molecular formula is C8H12O3. The van der Waals surface area contributed by atoms with Crippen LogP contribution in [0.25, 0.3) is 0 Å². The van der Waals surface area contributed by atoms with Crippen LogP contribution in [0, 0.1) is 5.92 Å². The molecule has 0 aromatic heterocycles. The molecule has 1 rings (SSSR count). The van der Waals surface area contributed by atoms with E-state index in [2.05, 4.69) is 4.74 Å². The van der Waals surface area contributed by atoms with Crippen molar-refractivity contribution in [3.63, 3.8) is 0 Å². The van der Waals surface area contributed by atoms with Gasteiger partial charge in [-0.2, -0.15) is 0 Å². The minimum atomic E-state index is -0.933. The molecule has 1 heterocycles. The molecule has 2 unspecified atom stereocenters. The van der Waals surface area contributed by atoms with Crippen LogP contribution in [0.5, 0.6) is 0 Å². The van der Waals surface area contributed by atoms with Crippen LogP contribution in [0.1, 0.15) is 20.3 Å². The van der Waals surface area contributed by atoms with Crippen LogP contribution in [0.15, 0.2) is 11.6 Å². The summed E-state index contributed by atoms with van der Waals surface area (Å²) in [6.07, 6.45) is 1.22. The summed E-state index contributed by atoms with van der Waals surface area (Å²) in [7, 11) is 0. The number of esters is 1. The Balaban J connectivity index is 2.60. The first-order valence-electron chi connectivity index (χ1n) is 3.62. The Morgan fingerprint density at radius 3 is 2.73 bits per heavy atom. The first kappa shape index (κ1) is 8.27. The standard InChI is InChI=1S/C8H12O3/c1-5(2)3-6-4-7(9)11-8(6)10/h3,6,8,10H,4H2,1-2H3. The van der Waals surface area contributed by atoms with E-state index in [9.17, 15) is 4.79 Å². The number of hydrogen-bond acceptors (Lipinski definition) is 3. The quantitative estimate of drug-likeness (QED) is 0.452. The van der Waals surface area contributed by atoms with E-state index in [4.69, 9.17) is 5.11 Å². The smallest absolute Gasteiger partial charge is 0.308 e. The molecule has 1 aliphatic heterocycles. The molecule has 1 saturated heterocycles. The summed E-state index contributed by atoms with van der Waals surface area (Å²) < 4.78 is 4.55. The number of hydrogen-bond donors (Lipinski definition) is 1. The van der Waals surface area contributed by atoms with Crippen LogP contribution < -0.4 is 0 Å². The largest absolute Gasteiger partial charge is 0.435 e. The third-order valence-corrected chi connectivity index (χ3v) is 1.57. The maximum Gasteiger partial charge on any atom is 0.308 e. The second-order valence-electron chi connectivity index (χ2n) is 2.99. The molecule has 2 atom stereocenters. The predicted octanol–water partition coefficient (Wildman–Crippen LogP) is 0.834. The third-order valence-electron chi connectivity index (χ3n) is 1.57.